The third-order valence-corrected chi connectivity index (χ3v) is 6.89. The van der Waals surface area contributed by atoms with E-state index in [1.807, 2.05) is 24.3 Å². The van der Waals surface area contributed by atoms with Crippen LogP contribution in [0.25, 0.3) is 22.9 Å². The van der Waals surface area contributed by atoms with Gasteiger partial charge >= 0.3 is 11.9 Å². The van der Waals surface area contributed by atoms with E-state index < -0.39 is 34.9 Å². The van der Waals surface area contributed by atoms with Gasteiger partial charge in [-0.25, -0.2) is 0 Å². The lowest BCUT2D eigenvalue weighted by Gasteiger charge is -2.34. The van der Waals surface area contributed by atoms with Crippen LogP contribution in [0.4, 0.5) is 24.5 Å². The summed E-state index contributed by atoms with van der Waals surface area (Å²) in [6.45, 7) is 2.93. The molecule has 1 aromatic heterocycles. The molecule has 43 heavy (non-hydrogen) atoms. The maximum Gasteiger partial charge on any atom is 0.416 e. The van der Waals surface area contributed by atoms with Gasteiger partial charge < -0.3 is 24.3 Å². The SMILES string of the molecule is CN1CCN(c2cccc(-c3nnc(-c4ccc(OCC(=O)NCc5cccc(C(F)(F)F)c5)c([N+](=O)[O-])c4)o3)c2)CC1. The van der Waals surface area contributed by atoms with Gasteiger partial charge in [0.15, 0.2) is 12.4 Å². The highest BCUT2D eigenvalue weighted by molar-refractivity contribution is 5.77. The molecule has 0 spiro atoms. The summed E-state index contributed by atoms with van der Waals surface area (Å²) >= 11 is 0. The summed E-state index contributed by atoms with van der Waals surface area (Å²) in [5.41, 5.74) is 0.992. The van der Waals surface area contributed by atoms with Gasteiger partial charge in [0.25, 0.3) is 5.91 Å². The molecule has 0 bridgehead atoms. The lowest BCUT2D eigenvalue weighted by Crippen LogP contribution is -2.44. The lowest BCUT2D eigenvalue weighted by molar-refractivity contribution is -0.385. The van der Waals surface area contributed by atoms with Crippen molar-refractivity contribution in [1.82, 2.24) is 20.4 Å². The van der Waals surface area contributed by atoms with Crippen molar-refractivity contribution in [3.63, 3.8) is 0 Å². The predicted molar refractivity (Wildman–Crippen MR) is 150 cm³/mol. The summed E-state index contributed by atoms with van der Waals surface area (Å²) in [5.74, 6) is -0.529. The van der Waals surface area contributed by atoms with E-state index in [1.54, 1.807) is 0 Å². The standard InChI is InChI=1S/C29H27F3N6O5/c1-36-10-12-37(13-11-36)23-7-3-5-20(15-23)27-34-35-28(43-27)21-8-9-25(24(16-21)38(40)41)42-18-26(39)33-17-19-4-2-6-22(14-19)29(30,31)32/h2-9,14-16H,10-13,17-18H2,1H3,(H,33,39). The maximum absolute atomic E-state index is 12.9. The highest BCUT2D eigenvalue weighted by atomic mass is 19.4. The first kappa shape index (κ1) is 29.5. The van der Waals surface area contributed by atoms with Gasteiger partial charge in [0.1, 0.15) is 0 Å². The Morgan fingerprint density at radius 2 is 1.70 bits per heavy atom. The molecule has 1 N–H and O–H groups in total. The molecule has 4 aromatic rings. The number of alkyl halides is 3. The van der Waals surface area contributed by atoms with Gasteiger partial charge in [-0.2, -0.15) is 13.2 Å². The average Bonchev–Trinajstić information content (AvgIpc) is 3.50. The van der Waals surface area contributed by atoms with Gasteiger partial charge in [-0.05, 0) is 55.1 Å². The number of nitro benzene ring substituents is 1. The first-order chi connectivity index (χ1) is 20.6. The summed E-state index contributed by atoms with van der Waals surface area (Å²) in [7, 11) is 2.08. The van der Waals surface area contributed by atoms with Crippen LogP contribution in [0.3, 0.4) is 0 Å². The van der Waals surface area contributed by atoms with E-state index in [0.717, 1.165) is 44.0 Å². The Morgan fingerprint density at radius 3 is 2.40 bits per heavy atom. The topological polar surface area (TPSA) is 127 Å². The molecule has 0 saturated carbocycles. The smallest absolute Gasteiger partial charge is 0.416 e. The summed E-state index contributed by atoms with van der Waals surface area (Å²) in [4.78, 5) is 27.9. The molecule has 11 nitrogen and oxygen atoms in total. The lowest BCUT2D eigenvalue weighted by atomic mass is 10.1. The van der Waals surface area contributed by atoms with Gasteiger partial charge in [0.05, 0.1) is 10.5 Å². The number of carbonyl (C=O) groups is 1. The number of halogens is 3. The normalized spacial score (nSPS) is 14.0. The van der Waals surface area contributed by atoms with Crippen LogP contribution in [0.5, 0.6) is 5.75 Å². The molecule has 1 amide bonds. The molecule has 0 aliphatic carbocycles. The number of rotatable bonds is 9. The second kappa shape index (κ2) is 12.5. The van der Waals surface area contributed by atoms with E-state index in [2.05, 4.69) is 32.4 Å². The quantitative estimate of drug-likeness (QED) is 0.215. The Balaban J connectivity index is 1.24. The fourth-order valence-electron chi connectivity index (χ4n) is 4.52. The molecule has 1 aliphatic rings. The van der Waals surface area contributed by atoms with Crippen molar-refractivity contribution in [3.05, 3.63) is 88.0 Å². The Morgan fingerprint density at radius 1 is 1.00 bits per heavy atom. The monoisotopic (exact) mass is 596 g/mol. The summed E-state index contributed by atoms with van der Waals surface area (Å²) in [6.07, 6.45) is -4.51. The van der Waals surface area contributed by atoms with Gasteiger partial charge in [-0.1, -0.05) is 18.2 Å². The molecule has 1 fully saturated rings. The predicted octanol–water partition coefficient (Wildman–Crippen LogP) is 4.78. The maximum atomic E-state index is 12.9. The van der Waals surface area contributed by atoms with Crippen molar-refractivity contribution in [2.75, 3.05) is 44.7 Å². The van der Waals surface area contributed by atoms with Crippen LogP contribution >= 0.6 is 0 Å². The minimum atomic E-state index is -4.51. The third kappa shape index (κ3) is 7.27. The molecule has 0 atom stereocenters. The number of piperazine rings is 1. The fourth-order valence-corrected chi connectivity index (χ4v) is 4.52. The molecule has 3 aromatic carbocycles. The van der Waals surface area contributed by atoms with E-state index in [0.29, 0.717) is 5.56 Å². The zero-order valence-corrected chi connectivity index (χ0v) is 23.0. The zero-order chi connectivity index (χ0) is 30.6. The van der Waals surface area contributed by atoms with Gasteiger partial charge in [0.2, 0.25) is 11.8 Å². The Bertz CT molecular complexity index is 1620. The fraction of sp³-hybridized carbons (Fsp3) is 0.276. The third-order valence-electron chi connectivity index (χ3n) is 6.89. The minimum absolute atomic E-state index is 0.0634. The average molecular weight is 597 g/mol. The molecule has 1 aliphatic heterocycles. The van der Waals surface area contributed by atoms with Crippen LogP contribution in [-0.2, 0) is 17.5 Å². The van der Waals surface area contributed by atoms with E-state index in [1.165, 1.54) is 30.3 Å². The van der Waals surface area contributed by atoms with Gasteiger partial charge in [-0.15, -0.1) is 10.2 Å². The first-order valence-electron chi connectivity index (χ1n) is 13.3. The van der Waals surface area contributed by atoms with Crippen LogP contribution < -0.4 is 15.0 Å². The van der Waals surface area contributed by atoms with Crippen LogP contribution in [0, 0.1) is 10.1 Å². The largest absolute Gasteiger partial charge is 0.477 e. The minimum Gasteiger partial charge on any atom is -0.477 e. The van der Waals surface area contributed by atoms with Gasteiger partial charge in [-0.3, -0.25) is 14.9 Å². The first-order valence-corrected chi connectivity index (χ1v) is 13.3. The van der Waals surface area contributed by atoms with E-state index >= 15 is 0 Å². The molecular formula is C29H27F3N6O5. The summed E-state index contributed by atoms with van der Waals surface area (Å²) < 4.78 is 49.9. The van der Waals surface area contributed by atoms with Crippen molar-refractivity contribution in [1.29, 1.82) is 0 Å². The highest BCUT2D eigenvalue weighted by Gasteiger charge is 2.30. The second-order valence-corrected chi connectivity index (χ2v) is 9.96. The second-order valence-electron chi connectivity index (χ2n) is 9.96. The van der Waals surface area contributed by atoms with Crippen molar-refractivity contribution in [2.45, 2.75) is 12.7 Å². The molecular weight excluding hydrogens is 569 g/mol. The number of hydrogen-bond acceptors (Lipinski definition) is 9. The Kier molecular flexibility index (Phi) is 8.57. The molecule has 2 heterocycles. The van der Waals surface area contributed by atoms with Crippen LogP contribution in [-0.4, -0.2) is 65.8 Å². The zero-order valence-electron chi connectivity index (χ0n) is 23.0. The van der Waals surface area contributed by atoms with Crippen molar-refractivity contribution in [2.24, 2.45) is 0 Å². The molecule has 14 heteroatoms. The van der Waals surface area contributed by atoms with Crippen molar-refractivity contribution in [3.8, 4) is 28.7 Å². The highest BCUT2D eigenvalue weighted by Crippen LogP contribution is 2.34. The number of nitrogens with zero attached hydrogens (tertiary/aromatic N) is 5. The molecule has 1 saturated heterocycles. The van der Waals surface area contributed by atoms with Gasteiger partial charge in [0, 0.05) is 55.6 Å². The Labute approximate surface area is 244 Å². The molecule has 0 radical (unpaired) electrons. The summed E-state index contributed by atoms with van der Waals surface area (Å²) in [5, 5.41) is 22.4. The number of nitro groups is 1. The number of amides is 1. The number of benzene rings is 3. The number of nitrogens with one attached hydrogen (secondary N) is 1. The van der Waals surface area contributed by atoms with E-state index in [-0.39, 0.29) is 35.2 Å². The van der Waals surface area contributed by atoms with Crippen LogP contribution in [0.1, 0.15) is 11.1 Å². The molecule has 0 unspecified atom stereocenters. The van der Waals surface area contributed by atoms with Crippen molar-refractivity contribution < 1.29 is 32.0 Å². The summed E-state index contributed by atoms with van der Waals surface area (Å²) in [6, 6.07) is 16.3. The van der Waals surface area contributed by atoms with Crippen LogP contribution in [0.2, 0.25) is 0 Å². The Hall–Kier alpha value is -4.98. The van der Waals surface area contributed by atoms with Crippen molar-refractivity contribution >= 4 is 17.3 Å². The number of ether oxygens (including phenoxy) is 1. The van der Waals surface area contributed by atoms with Crippen LogP contribution in [0.15, 0.2) is 71.1 Å². The molecule has 5 rings (SSSR count). The van der Waals surface area contributed by atoms with E-state index in [4.69, 9.17) is 9.15 Å². The number of anilines is 1. The number of carbonyl (C=O) groups excluding carboxylic acids is 1. The molecule has 224 valence electrons. The number of likely N-dealkylation sites (N-methyl/N-ethyl adjacent to an activating group) is 1. The number of aromatic nitrogens is 2. The van der Waals surface area contributed by atoms with E-state index in [9.17, 15) is 28.1 Å². The number of hydrogen-bond donors (Lipinski definition) is 1.